The van der Waals surface area contributed by atoms with Gasteiger partial charge in [0.1, 0.15) is 23.6 Å². The molecule has 38 heteroatoms. The summed E-state index contributed by atoms with van der Waals surface area (Å²) in [6.07, 6.45) is 9.49. The Morgan fingerprint density at radius 2 is 1.25 bits per heavy atom. The molecule has 2 aromatic heterocycles. The lowest BCUT2D eigenvalue weighted by Crippen LogP contribution is -2.52. The molecular formula is C66H98N14O22S2. The van der Waals surface area contributed by atoms with Crippen LogP contribution in [0.2, 0.25) is 0 Å². The smallest absolute Gasteiger partial charge is 0.323 e. The number of hydrogen-bond acceptors (Lipinski definition) is 26. The van der Waals surface area contributed by atoms with Gasteiger partial charge in [-0.1, -0.05) is 34.8 Å². The minimum Gasteiger partial charge on any atom is -0.494 e. The first-order valence-electron chi connectivity index (χ1n) is 33.9. The van der Waals surface area contributed by atoms with Crippen molar-refractivity contribution in [3.8, 4) is 11.5 Å². The zero-order valence-electron chi connectivity index (χ0n) is 58.9. The number of hydrogen-bond donors (Lipinski definition) is 12. The van der Waals surface area contributed by atoms with Crippen LogP contribution in [0.15, 0.2) is 78.1 Å². The maximum absolute atomic E-state index is 13.5. The highest BCUT2D eigenvalue weighted by Gasteiger charge is 2.30. The summed E-state index contributed by atoms with van der Waals surface area (Å²) >= 11 is 0.389. The zero-order valence-corrected chi connectivity index (χ0v) is 60.6. The van der Waals surface area contributed by atoms with Gasteiger partial charge < -0.3 is 75.1 Å². The number of carboxylic acids is 4. The number of aromatic nitrogens is 4. The topological polar surface area (TPSA) is 468 Å². The fraction of sp³-hybridized carbons (Fsp3) is 0.545. The molecule has 6 rings (SSSR count). The number of carboxylic acid groups (broad SMARTS) is 4. The van der Waals surface area contributed by atoms with Crippen molar-refractivity contribution < 1.29 is 105 Å². The van der Waals surface area contributed by atoms with Crippen LogP contribution in [0.1, 0.15) is 72.5 Å². The van der Waals surface area contributed by atoms with Gasteiger partial charge in [0.2, 0.25) is 27.7 Å². The van der Waals surface area contributed by atoms with Crippen LogP contribution < -0.4 is 40.2 Å². The molecule has 12 N–H and O–H groups in total. The number of aliphatic carboxylic acids is 4. The number of anilines is 1. The quantitative estimate of drug-likeness (QED) is 0.0114. The first-order chi connectivity index (χ1) is 50.0. The van der Waals surface area contributed by atoms with E-state index in [9.17, 15) is 67.2 Å². The fourth-order valence-corrected chi connectivity index (χ4v) is 12.5. The molecule has 4 amide bonds. The molecule has 1 fully saturated rings. The number of carbonyl (C=O) groups is 8. The number of benzene rings is 3. The molecule has 36 nitrogen and oxygen atoms in total. The normalized spacial score (nSPS) is 14.2. The van der Waals surface area contributed by atoms with Crippen molar-refractivity contribution in [3.63, 3.8) is 0 Å². The predicted octanol–water partition coefficient (Wildman–Crippen LogP) is 1.85. The monoisotopic (exact) mass is 1500 g/mol. The van der Waals surface area contributed by atoms with Gasteiger partial charge in [-0.3, -0.25) is 62.6 Å². The van der Waals surface area contributed by atoms with Crippen LogP contribution in [0.3, 0.4) is 0 Å². The minimum absolute atomic E-state index is 0.0927. The molecule has 5 aromatic rings. The van der Waals surface area contributed by atoms with E-state index in [0.717, 1.165) is 36.8 Å². The molecule has 104 heavy (non-hydrogen) atoms. The van der Waals surface area contributed by atoms with Gasteiger partial charge in [0.25, 0.3) is 18.2 Å². The number of carbonyl (C=O) groups excluding carboxylic acids is 4. The molecule has 3 aromatic carbocycles. The van der Waals surface area contributed by atoms with Crippen LogP contribution in [0, 0.1) is 13.8 Å². The third-order valence-corrected chi connectivity index (χ3v) is 18.0. The molecule has 3 heterocycles. The molecule has 0 radical (unpaired) electrons. The molecule has 1 unspecified atom stereocenters. The first kappa shape index (κ1) is 86.0. The van der Waals surface area contributed by atoms with Gasteiger partial charge in [-0.25, -0.2) is 18.7 Å². The number of amides is 4. The van der Waals surface area contributed by atoms with E-state index in [2.05, 4.69) is 62.7 Å². The third kappa shape index (κ3) is 33.4. The fourth-order valence-electron chi connectivity index (χ4n) is 10.6. The summed E-state index contributed by atoms with van der Waals surface area (Å²) in [6, 6.07) is 12.1. The van der Waals surface area contributed by atoms with Crippen molar-refractivity contribution >= 4 is 86.7 Å². The average molecular weight is 1500 g/mol. The minimum atomic E-state index is -4.34. The number of ether oxygens (including phenoxy) is 4. The van der Waals surface area contributed by atoms with Crippen molar-refractivity contribution in [3.05, 3.63) is 95.4 Å². The predicted molar refractivity (Wildman–Crippen MR) is 379 cm³/mol. The van der Waals surface area contributed by atoms with Crippen molar-refractivity contribution in [2.45, 2.75) is 89.2 Å². The Morgan fingerprint density at radius 1 is 0.663 bits per heavy atom. The maximum Gasteiger partial charge on any atom is 0.323 e. The Bertz CT molecular complexity index is 3520. The number of nitrogens with one attached hydrogen (secondary N) is 7. The Balaban J connectivity index is 0.000000388. The number of unbranched alkanes of at least 4 members (excludes halogenated alkanes) is 1. The summed E-state index contributed by atoms with van der Waals surface area (Å²) in [5.41, 5.74) is 2.48. The van der Waals surface area contributed by atoms with E-state index >= 15 is 0 Å². The number of aryl methyl sites for hydroxylation is 3. The number of imidazole rings is 1. The van der Waals surface area contributed by atoms with Gasteiger partial charge in [-0.05, 0) is 98.7 Å². The summed E-state index contributed by atoms with van der Waals surface area (Å²) in [6.45, 7) is 11.2. The first-order valence-corrected chi connectivity index (χ1v) is 36.0. The summed E-state index contributed by atoms with van der Waals surface area (Å²) in [4.78, 5) is 111. The number of sulfonamides is 1. The number of likely N-dealkylation sites (N-methyl/N-ethyl adjacent to an activating group) is 1. The third-order valence-electron chi connectivity index (χ3n) is 15.8. The van der Waals surface area contributed by atoms with Gasteiger partial charge >= 0.3 is 23.9 Å². The second-order valence-electron chi connectivity index (χ2n) is 24.0. The Morgan fingerprint density at radius 3 is 1.80 bits per heavy atom. The standard InChI is InChI=1S/C40H58N8O10S.C26H40N6O12S/c1-4-5-17-55-20-22-57-23-21-56-18-8-13-41-36(49)9-6-19-58-33-24-29(2)37(30(3)25-33)59(53,54)47-34(39(51)52)28-45-38(50)31-10-11-35-32(26-31)27-46-48(35)16-7-12-42-40-43-14-15-44-40;1-27-26(40)21(14-19-2-4-20(5-3-19)42-45-44-43-41)28-22(33)15-29-6-8-30(16-23(34)35)10-12-32(18-25(38)39)13-11-31(9-7-29)17-24(36)37/h10-11,14-15,24-27,34,47H,4-9,12-13,16-23,28H2,1-3H3,(H,41,49)(H,45,50)(H,51,52)(H2,42,43,44);2-5,21,41H,6-18H2,1H3,(H,27,40)(H,28,33)(H,34,35)(H,36,37)(H,38,39)/t;21-/m.1/s1. The van der Waals surface area contributed by atoms with Crippen LogP contribution in [0.5, 0.6) is 11.5 Å². The van der Waals surface area contributed by atoms with Gasteiger partial charge in [-0.15, -0.1) is 0 Å². The highest BCUT2D eigenvalue weighted by molar-refractivity contribution is 7.90. The highest BCUT2D eigenvalue weighted by Crippen LogP contribution is 2.27. The van der Waals surface area contributed by atoms with Crippen molar-refractivity contribution in [2.24, 2.45) is 0 Å². The summed E-state index contributed by atoms with van der Waals surface area (Å²) in [7, 11) is -2.89. The van der Waals surface area contributed by atoms with E-state index in [1.54, 1.807) is 107 Å². The van der Waals surface area contributed by atoms with Gasteiger partial charge in [0, 0.05) is 135 Å². The van der Waals surface area contributed by atoms with Crippen molar-refractivity contribution in [2.75, 3.05) is 157 Å². The summed E-state index contributed by atoms with van der Waals surface area (Å²) in [5.74, 6) is -4.70. The van der Waals surface area contributed by atoms with E-state index < -0.39 is 70.3 Å². The number of nitrogens with zero attached hydrogens (tertiary/aromatic N) is 7. The lowest BCUT2D eigenvalue weighted by molar-refractivity contribution is -0.433. The van der Waals surface area contributed by atoms with Crippen LogP contribution in [-0.2, 0) is 80.1 Å². The molecular weight excluding hydrogens is 1400 g/mol. The molecule has 0 bridgehead atoms. The molecule has 1 aliphatic rings. The van der Waals surface area contributed by atoms with E-state index in [0.29, 0.717) is 112 Å². The largest absolute Gasteiger partial charge is 0.494 e. The van der Waals surface area contributed by atoms with E-state index in [1.807, 2.05) is 4.68 Å². The number of rotatable bonds is 46. The van der Waals surface area contributed by atoms with Crippen LogP contribution in [0.4, 0.5) is 5.95 Å². The van der Waals surface area contributed by atoms with E-state index in [4.69, 9.17) is 28.4 Å². The lowest BCUT2D eigenvalue weighted by Gasteiger charge is -2.33. The molecule has 0 aliphatic carbocycles. The second-order valence-corrected chi connectivity index (χ2v) is 26.1. The number of H-pyrrole nitrogens is 1. The SMILES string of the molecule is CCCCOCCOCCOCCCNC(=O)CCCOc1cc(C)c(S(=O)(=O)NC(CNC(=O)c2ccc3c(cnn3CCCNc3ncc[nH]3)c2)C(=O)O)c(C)c1.CNC(=O)[C@@H](Cc1ccc(OSOOO)cc1)NC(=O)CN1CCN(CC(=O)O)CCN(CC(=O)O)CCN(CC(=O)O)CC1. The van der Waals surface area contributed by atoms with Crippen LogP contribution in [0.25, 0.3) is 10.9 Å². The summed E-state index contributed by atoms with van der Waals surface area (Å²) < 4.78 is 62.5. The Kier molecular flexibility index (Phi) is 39.4. The second kappa shape index (κ2) is 47.7. The average Bonchev–Trinajstić information content (AvgIpc) is 1.50. The van der Waals surface area contributed by atoms with E-state index in [1.165, 1.54) is 7.05 Å². The van der Waals surface area contributed by atoms with Gasteiger partial charge in [0.05, 0.1) is 75.8 Å². The molecule has 1 saturated heterocycles. The molecule has 576 valence electrons. The van der Waals surface area contributed by atoms with Crippen LogP contribution in [-0.4, -0.2) is 285 Å². The molecule has 2 atom stereocenters. The number of aromatic amines is 1. The maximum atomic E-state index is 13.5. The zero-order chi connectivity index (χ0) is 75.7. The summed E-state index contributed by atoms with van der Waals surface area (Å²) in [5, 5.41) is 68.6. The molecule has 0 saturated carbocycles. The van der Waals surface area contributed by atoms with E-state index in [-0.39, 0.29) is 114 Å². The molecule has 0 spiro atoms. The highest BCUT2D eigenvalue weighted by atomic mass is 32.2. The van der Waals surface area contributed by atoms with Crippen molar-refractivity contribution in [1.82, 2.24) is 65.3 Å². The Labute approximate surface area is 607 Å². The molecule has 1 aliphatic heterocycles. The Hall–Kier alpha value is -8.64. The van der Waals surface area contributed by atoms with Crippen molar-refractivity contribution in [1.29, 1.82) is 0 Å². The van der Waals surface area contributed by atoms with Crippen LogP contribution >= 0.6 is 12.3 Å². The van der Waals surface area contributed by atoms with Gasteiger partial charge in [0.15, 0.2) is 5.95 Å². The lowest BCUT2D eigenvalue weighted by atomic mass is 10.0. The number of fused-ring (bicyclic) bond motifs is 1. The van der Waals surface area contributed by atoms with Gasteiger partial charge in [-0.2, -0.15) is 9.82 Å².